The lowest BCUT2D eigenvalue weighted by Crippen LogP contribution is -2.12. The first-order valence-corrected chi connectivity index (χ1v) is 9.84. The molecule has 4 rings (SSSR count). The maximum Gasteiger partial charge on any atom is 0.255 e. The quantitative estimate of drug-likeness (QED) is 0.458. The predicted octanol–water partition coefficient (Wildman–Crippen LogP) is 5.62. The van der Waals surface area contributed by atoms with E-state index in [1.807, 2.05) is 30.5 Å². The molecule has 0 aliphatic carbocycles. The number of aromatic nitrogens is 3. The van der Waals surface area contributed by atoms with Crippen LogP contribution in [0.15, 0.2) is 67.0 Å². The lowest BCUT2D eigenvalue weighted by Gasteiger charge is -2.07. The summed E-state index contributed by atoms with van der Waals surface area (Å²) in [6.07, 6.45) is 4.03. The summed E-state index contributed by atoms with van der Waals surface area (Å²) in [7, 11) is 0. The van der Waals surface area contributed by atoms with Crippen LogP contribution in [0.25, 0.3) is 17.3 Å². The fraction of sp³-hybridized carbons (Fsp3) is 0.125. The van der Waals surface area contributed by atoms with E-state index in [9.17, 15) is 13.6 Å². The molecule has 31 heavy (non-hydrogen) atoms. The van der Waals surface area contributed by atoms with Crippen LogP contribution in [0, 0.1) is 6.92 Å². The Hall–Kier alpha value is -3.87. The summed E-state index contributed by atoms with van der Waals surface area (Å²) in [5, 5.41) is 2.82. The van der Waals surface area contributed by atoms with Gasteiger partial charge in [-0.25, -0.2) is 13.8 Å². The molecule has 0 atom stereocenters. The van der Waals surface area contributed by atoms with E-state index in [2.05, 4.69) is 15.3 Å². The number of pyridine rings is 2. The Balaban J connectivity index is 1.53. The van der Waals surface area contributed by atoms with Gasteiger partial charge in [0.05, 0.1) is 11.4 Å². The van der Waals surface area contributed by atoms with E-state index in [4.69, 9.17) is 0 Å². The third kappa shape index (κ3) is 4.07. The van der Waals surface area contributed by atoms with Gasteiger partial charge < -0.3 is 9.72 Å². The zero-order chi connectivity index (χ0) is 22.0. The molecular weight excluding hydrogens is 398 g/mol. The van der Waals surface area contributed by atoms with Crippen molar-refractivity contribution < 1.29 is 13.6 Å². The van der Waals surface area contributed by atoms with Crippen LogP contribution in [-0.2, 0) is 6.42 Å². The second-order valence-electron chi connectivity index (χ2n) is 7.02. The third-order valence-corrected chi connectivity index (χ3v) is 5.03. The summed E-state index contributed by atoms with van der Waals surface area (Å²) in [6, 6.07) is 13.8. The van der Waals surface area contributed by atoms with Gasteiger partial charge in [-0.2, -0.15) is 0 Å². The number of nitrogens with one attached hydrogen (secondary N) is 1. The highest BCUT2D eigenvalue weighted by molar-refractivity contribution is 6.04. The molecule has 7 heteroatoms. The maximum absolute atomic E-state index is 14.5. The van der Waals surface area contributed by atoms with Crippen molar-refractivity contribution in [2.45, 2.75) is 20.3 Å². The number of hydrogen-bond acceptors (Lipinski definition) is 3. The van der Waals surface area contributed by atoms with Crippen molar-refractivity contribution in [3.05, 3.63) is 95.2 Å². The fourth-order valence-corrected chi connectivity index (χ4v) is 3.32. The largest absolute Gasteiger partial charge is 0.321 e. The van der Waals surface area contributed by atoms with Gasteiger partial charge in [-0.05, 0) is 49.7 Å². The molecule has 0 saturated carbocycles. The summed E-state index contributed by atoms with van der Waals surface area (Å²) >= 11 is 0. The second-order valence-corrected chi connectivity index (χ2v) is 7.02. The molecule has 1 aromatic carbocycles. The molecule has 0 spiro atoms. The molecule has 1 N–H and O–H groups in total. The van der Waals surface area contributed by atoms with E-state index in [0.29, 0.717) is 11.3 Å². The van der Waals surface area contributed by atoms with Crippen LogP contribution in [-0.4, -0.2) is 20.3 Å². The molecule has 0 aliphatic rings. The highest BCUT2D eigenvalue weighted by Crippen LogP contribution is 2.27. The van der Waals surface area contributed by atoms with Crippen molar-refractivity contribution in [3.63, 3.8) is 0 Å². The van der Waals surface area contributed by atoms with Crippen LogP contribution >= 0.6 is 0 Å². The molecule has 0 saturated heterocycles. The second kappa shape index (κ2) is 8.47. The van der Waals surface area contributed by atoms with E-state index in [1.54, 1.807) is 18.2 Å². The van der Waals surface area contributed by atoms with Gasteiger partial charge in [0.15, 0.2) is 11.7 Å². The minimum atomic E-state index is -1.05. The lowest BCUT2D eigenvalue weighted by molar-refractivity contribution is 0.102. The number of imidazole rings is 1. The van der Waals surface area contributed by atoms with Crippen molar-refractivity contribution in [1.82, 2.24) is 14.4 Å². The average Bonchev–Trinajstić information content (AvgIpc) is 3.14. The molecule has 156 valence electrons. The van der Waals surface area contributed by atoms with Gasteiger partial charge in [-0.1, -0.05) is 25.1 Å². The molecule has 1 amide bonds. The van der Waals surface area contributed by atoms with E-state index in [0.717, 1.165) is 23.5 Å². The summed E-state index contributed by atoms with van der Waals surface area (Å²) < 4.78 is 30.7. The molecule has 0 bridgehead atoms. The first-order valence-electron chi connectivity index (χ1n) is 9.84. The molecule has 5 nitrogen and oxygen atoms in total. The van der Waals surface area contributed by atoms with Crippen molar-refractivity contribution in [1.29, 1.82) is 0 Å². The number of anilines is 1. The van der Waals surface area contributed by atoms with Crippen LogP contribution < -0.4 is 5.32 Å². The Morgan fingerprint density at radius 1 is 1.00 bits per heavy atom. The number of benzene rings is 1. The zero-order valence-corrected chi connectivity index (χ0v) is 17.1. The van der Waals surface area contributed by atoms with Crippen molar-refractivity contribution in [2.75, 3.05) is 5.32 Å². The monoisotopic (exact) mass is 418 g/mol. The minimum absolute atomic E-state index is 0.0299. The van der Waals surface area contributed by atoms with Crippen LogP contribution in [0.2, 0.25) is 0 Å². The van der Waals surface area contributed by atoms with Crippen molar-refractivity contribution >= 4 is 28.9 Å². The SMILES string of the molecule is CCc1nc2ccc(NC(=O)c3ccc(C(F)=C(F)c4ccccn4)cc3)cn2c1C. The third-order valence-electron chi connectivity index (χ3n) is 5.03. The molecule has 0 aliphatic heterocycles. The highest BCUT2D eigenvalue weighted by Gasteiger charge is 2.14. The van der Waals surface area contributed by atoms with Crippen molar-refractivity contribution in [3.8, 4) is 0 Å². The normalized spacial score (nSPS) is 12.0. The summed E-state index contributed by atoms with van der Waals surface area (Å²) in [4.78, 5) is 21.0. The van der Waals surface area contributed by atoms with Gasteiger partial charge in [-0.3, -0.25) is 9.78 Å². The first-order chi connectivity index (χ1) is 15.0. The molecule has 3 heterocycles. The number of halogens is 2. The van der Waals surface area contributed by atoms with Gasteiger partial charge in [-0.15, -0.1) is 0 Å². The smallest absolute Gasteiger partial charge is 0.255 e. The number of aryl methyl sites for hydroxylation is 2. The standard InChI is InChI=1S/C24H20F2N4O/c1-3-19-15(2)30-14-18(11-12-21(30)29-19)28-24(31)17-9-7-16(8-10-17)22(25)23(26)20-6-4-5-13-27-20/h4-14H,3H2,1-2H3,(H,28,31). The number of rotatable bonds is 5. The Morgan fingerprint density at radius 3 is 2.42 bits per heavy atom. The number of nitrogens with zero attached hydrogens (tertiary/aromatic N) is 3. The Bertz CT molecular complexity index is 1280. The van der Waals surface area contributed by atoms with Crippen LogP contribution in [0.4, 0.5) is 14.5 Å². The molecular formula is C24H20F2N4O. The number of carbonyl (C=O) groups is 1. The average molecular weight is 418 g/mol. The highest BCUT2D eigenvalue weighted by atomic mass is 19.2. The lowest BCUT2D eigenvalue weighted by atomic mass is 10.1. The van der Waals surface area contributed by atoms with Crippen LogP contribution in [0.1, 0.15) is 39.9 Å². The number of carbonyl (C=O) groups excluding carboxylic acids is 1. The summed E-state index contributed by atoms with van der Waals surface area (Å²) in [5.41, 5.74) is 3.72. The first kappa shape index (κ1) is 20.4. The molecule has 3 aromatic heterocycles. The van der Waals surface area contributed by atoms with Gasteiger partial charge in [0.1, 0.15) is 11.3 Å². The predicted molar refractivity (Wildman–Crippen MR) is 117 cm³/mol. The minimum Gasteiger partial charge on any atom is -0.321 e. The number of hydrogen-bond donors (Lipinski definition) is 1. The molecule has 0 radical (unpaired) electrons. The van der Waals surface area contributed by atoms with Crippen molar-refractivity contribution in [2.24, 2.45) is 0 Å². The number of fused-ring (bicyclic) bond motifs is 1. The Labute approximate surface area is 178 Å². The van der Waals surface area contributed by atoms with E-state index in [1.165, 1.54) is 36.5 Å². The van der Waals surface area contributed by atoms with E-state index in [-0.39, 0.29) is 17.2 Å². The van der Waals surface area contributed by atoms with Gasteiger partial charge in [0, 0.05) is 29.2 Å². The van der Waals surface area contributed by atoms with E-state index >= 15 is 0 Å². The molecule has 0 unspecified atom stereocenters. The summed E-state index contributed by atoms with van der Waals surface area (Å²) in [6.45, 7) is 4.02. The number of amides is 1. The van der Waals surface area contributed by atoms with Crippen LogP contribution in [0.3, 0.4) is 0 Å². The molecule has 4 aromatic rings. The van der Waals surface area contributed by atoms with E-state index < -0.39 is 11.7 Å². The molecule has 0 fully saturated rings. The summed E-state index contributed by atoms with van der Waals surface area (Å²) in [5.74, 6) is -2.43. The van der Waals surface area contributed by atoms with Crippen LogP contribution in [0.5, 0.6) is 0 Å². The Morgan fingerprint density at radius 2 is 1.74 bits per heavy atom. The topological polar surface area (TPSA) is 59.3 Å². The zero-order valence-electron chi connectivity index (χ0n) is 17.1. The Kier molecular flexibility index (Phi) is 5.58. The maximum atomic E-state index is 14.5. The van der Waals surface area contributed by atoms with Gasteiger partial charge in [0.2, 0.25) is 0 Å². The van der Waals surface area contributed by atoms with Gasteiger partial charge in [0.25, 0.3) is 5.91 Å². The van der Waals surface area contributed by atoms with Gasteiger partial charge >= 0.3 is 0 Å². The fourth-order valence-electron chi connectivity index (χ4n) is 3.32.